The number of ether oxygens (including phenoxy) is 1. The van der Waals surface area contributed by atoms with Crippen LogP contribution < -0.4 is 10.6 Å². The number of benzene rings is 1. The molecule has 10 heteroatoms. The van der Waals surface area contributed by atoms with Crippen molar-refractivity contribution in [2.75, 3.05) is 18.5 Å². The number of amides is 1. The van der Waals surface area contributed by atoms with Crippen LogP contribution in [0.3, 0.4) is 0 Å². The van der Waals surface area contributed by atoms with Crippen molar-refractivity contribution in [2.24, 2.45) is 5.41 Å². The van der Waals surface area contributed by atoms with Gasteiger partial charge in [-0.2, -0.15) is 0 Å². The number of hydrogen-bond donors (Lipinski definition) is 3. The van der Waals surface area contributed by atoms with Crippen molar-refractivity contribution in [1.29, 1.82) is 0 Å². The minimum atomic E-state index is -1.02. The number of pyridine rings is 1. The van der Waals surface area contributed by atoms with Gasteiger partial charge < -0.3 is 20.5 Å². The SMILES string of the molecule is O=C(Nc1ccc(C[C@H](NC2=CC(=O)C23CCOCC3)C(=O)O)cc1)c1c(Cl)cncc1Cl. The highest BCUT2D eigenvalue weighted by molar-refractivity contribution is 6.40. The highest BCUT2D eigenvalue weighted by Crippen LogP contribution is 2.44. The van der Waals surface area contributed by atoms with Crippen molar-refractivity contribution >= 4 is 46.5 Å². The zero-order chi connectivity index (χ0) is 23.6. The van der Waals surface area contributed by atoms with Crippen LogP contribution >= 0.6 is 23.2 Å². The van der Waals surface area contributed by atoms with Crippen LogP contribution in [0.2, 0.25) is 10.0 Å². The number of ketones is 1. The molecule has 1 spiro atoms. The molecule has 1 aromatic heterocycles. The van der Waals surface area contributed by atoms with Crippen LogP contribution in [-0.4, -0.2) is 47.0 Å². The normalized spacial score (nSPS) is 17.6. The summed E-state index contributed by atoms with van der Waals surface area (Å²) in [5.74, 6) is -1.47. The lowest BCUT2D eigenvalue weighted by molar-refractivity contribution is -0.140. The second-order valence-corrected chi connectivity index (χ2v) is 8.80. The molecule has 1 aliphatic heterocycles. The van der Waals surface area contributed by atoms with E-state index in [2.05, 4.69) is 15.6 Å². The number of rotatable bonds is 7. The van der Waals surface area contributed by atoms with Crippen LogP contribution in [0.25, 0.3) is 0 Å². The van der Waals surface area contributed by atoms with Gasteiger partial charge in [0.1, 0.15) is 6.04 Å². The zero-order valence-electron chi connectivity index (χ0n) is 17.4. The molecule has 172 valence electrons. The second-order valence-electron chi connectivity index (χ2n) is 7.99. The van der Waals surface area contributed by atoms with Crippen molar-refractivity contribution in [3.8, 4) is 0 Å². The molecule has 0 bridgehead atoms. The number of carbonyl (C=O) groups is 3. The van der Waals surface area contributed by atoms with Gasteiger partial charge in [-0.1, -0.05) is 35.3 Å². The number of halogens is 2. The Balaban J connectivity index is 1.42. The zero-order valence-corrected chi connectivity index (χ0v) is 18.9. The molecule has 1 atom stereocenters. The summed E-state index contributed by atoms with van der Waals surface area (Å²) >= 11 is 12.0. The lowest BCUT2D eigenvalue weighted by Gasteiger charge is -2.44. The first-order chi connectivity index (χ1) is 15.8. The predicted octanol–water partition coefficient (Wildman–Crippen LogP) is 3.49. The van der Waals surface area contributed by atoms with E-state index < -0.39 is 23.3 Å². The summed E-state index contributed by atoms with van der Waals surface area (Å²) in [5, 5.41) is 15.8. The number of nitrogens with one attached hydrogen (secondary N) is 2. The average molecular weight is 490 g/mol. The fourth-order valence-corrected chi connectivity index (χ4v) is 4.58. The van der Waals surface area contributed by atoms with Crippen LogP contribution in [0.5, 0.6) is 0 Å². The molecule has 1 fully saturated rings. The minimum Gasteiger partial charge on any atom is -0.480 e. The molecule has 0 radical (unpaired) electrons. The fourth-order valence-electron chi connectivity index (χ4n) is 4.05. The highest BCUT2D eigenvalue weighted by atomic mass is 35.5. The molecule has 1 aromatic carbocycles. The van der Waals surface area contributed by atoms with E-state index in [1.54, 1.807) is 24.3 Å². The van der Waals surface area contributed by atoms with Crippen LogP contribution in [-0.2, 0) is 20.7 Å². The number of hydrogen-bond acceptors (Lipinski definition) is 6. The van der Waals surface area contributed by atoms with Gasteiger partial charge in [-0.15, -0.1) is 0 Å². The van der Waals surface area contributed by atoms with E-state index in [-0.39, 0.29) is 27.8 Å². The van der Waals surface area contributed by atoms with E-state index in [4.69, 9.17) is 27.9 Å². The molecular weight excluding hydrogens is 469 g/mol. The molecule has 0 unspecified atom stereocenters. The summed E-state index contributed by atoms with van der Waals surface area (Å²) in [6.45, 7) is 0.956. The first kappa shape index (κ1) is 23.2. The Morgan fingerprint density at radius 2 is 1.76 bits per heavy atom. The molecule has 33 heavy (non-hydrogen) atoms. The van der Waals surface area contributed by atoms with E-state index >= 15 is 0 Å². The van der Waals surface area contributed by atoms with Crippen LogP contribution in [0, 0.1) is 5.41 Å². The van der Waals surface area contributed by atoms with Crippen molar-refractivity contribution in [3.05, 3.63) is 69.6 Å². The number of carboxylic acids is 1. The lowest BCUT2D eigenvalue weighted by Crippen LogP contribution is -2.53. The Labute approximate surface area is 199 Å². The Morgan fingerprint density at radius 1 is 1.12 bits per heavy atom. The maximum Gasteiger partial charge on any atom is 0.326 e. The summed E-state index contributed by atoms with van der Waals surface area (Å²) < 4.78 is 5.35. The molecule has 1 saturated heterocycles. The highest BCUT2D eigenvalue weighted by Gasteiger charge is 2.49. The molecule has 3 N–H and O–H groups in total. The second kappa shape index (κ2) is 9.51. The Morgan fingerprint density at radius 3 is 2.33 bits per heavy atom. The van der Waals surface area contributed by atoms with Gasteiger partial charge in [0.05, 0.1) is 21.0 Å². The average Bonchev–Trinajstić information content (AvgIpc) is 2.79. The van der Waals surface area contributed by atoms with Gasteiger partial charge in [0.2, 0.25) is 0 Å². The van der Waals surface area contributed by atoms with Crippen molar-refractivity contribution < 1.29 is 24.2 Å². The third-order valence-corrected chi connectivity index (χ3v) is 6.54. The third kappa shape index (κ3) is 4.73. The van der Waals surface area contributed by atoms with E-state index in [1.807, 2.05) is 0 Å². The van der Waals surface area contributed by atoms with E-state index in [0.29, 0.717) is 37.4 Å². The predicted molar refractivity (Wildman–Crippen MR) is 122 cm³/mol. The summed E-state index contributed by atoms with van der Waals surface area (Å²) in [6.07, 6.45) is 5.45. The number of nitrogens with zero attached hydrogens (tertiary/aromatic N) is 1. The van der Waals surface area contributed by atoms with Gasteiger partial charge in [-0.05, 0) is 30.5 Å². The number of carboxylic acid groups (broad SMARTS) is 1. The van der Waals surface area contributed by atoms with Crippen molar-refractivity contribution in [3.63, 3.8) is 0 Å². The maximum absolute atomic E-state index is 12.5. The Kier molecular flexibility index (Phi) is 6.69. The lowest BCUT2D eigenvalue weighted by atomic mass is 9.66. The molecule has 8 nitrogen and oxygen atoms in total. The summed E-state index contributed by atoms with van der Waals surface area (Å²) in [6, 6.07) is 5.89. The van der Waals surface area contributed by atoms with Crippen molar-refractivity contribution in [2.45, 2.75) is 25.3 Å². The van der Waals surface area contributed by atoms with Crippen LogP contribution in [0.15, 0.2) is 48.4 Å². The molecule has 4 rings (SSSR count). The summed E-state index contributed by atoms with van der Waals surface area (Å²) in [5.41, 5.74) is 1.40. The molecule has 1 amide bonds. The van der Waals surface area contributed by atoms with Crippen LogP contribution in [0.1, 0.15) is 28.8 Å². The van der Waals surface area contributed by atoms with Crippen LogP contribution in [0.4, 0.5) is 5.69 Å². The Bertz CT molecular complexity index is 1110. The van der Waals surface area contributed by atoms with Gasteiger partial charge in [-0.3, -0.25) is 14.6 Å². The quantitative estimate of drug-likeness (QED) is 0.544. The topological polar surface area (TPSA) is 118 Å². The van der Waals surface area contributed by atoms with Gasteiger partial charge in [-0.25, -0.2) is 4.79 Å². The van der Waals surface area contributed by atoms with Gasteiger partial charge in [0.25, 0.3) is 5.91 Å². The molecular formula is C23H21Cl2N3O5. The number of aromatic nitrogens is 1. The largest absolute Gasteiger partial charge is 0.480 e. The molecule has 1 aliphatic carbocycles. The smallest absolute Gasteiger partial charge is 0.326 e. The Hall–Kier alpha value is -2.94. The minimum absolute atomic E-state index is 0.0203. The summed E-state index contributed by atoms with van der Waals surface area (Å²) in [7, 11) is 0. The maximum atomic E-state index is 12.5. The first-order valence-electron chi connectivity index (χ1n) is 10.3. The van der Waals surface area contributed by atoms with Gasteiger partial charge in [0, 0.05) is 49.5 Å². The van der Waals surface area contributed by atoms with E-state index in [0.717, 1.165) is 5.56 Å². The van der Waals surface area contributed by atoms with E-state index in [9.17, 15) is 19.5 Å². The molecule has 2 aromatic rings. The van der Waals surface area contributed by atoms with Gasteiger partial charge >= 0.3 is 5.97 Å². The molecule has 2 heterocycles. The molecule has 0 saturated carbocycles. The third-order valence-electron chi connectivity index (χ3n) is 5.97. The summed E-state index contributed by atoms with van der Waals surface area (Å²) in [4.78, 5) is 40.4. The first-order valence-corrected chi connectivity index (χ1v) is 11.1. The number of aliphatic carboxylic acids is 1. The fraction of sp³-hybridized carbons (Fsp3) is 0.304. The standard InChI is InChI=1S/C23H21Cl2N3O5/c24-15-11-26-12-16(25)20(15)21(30)27-14-3-1-13(2-4-14)9-17(22(31)32)28-18-10-19(29)23(18)5-7-33-8-6-23/h1-4,10-12,17,28H,5-9H2,(H,27,30)(H,31,32)/t17-/m0/s1. The molecule has 2 aliphatic rings. The number of carbonyl (C=O) groups excluding carboxylic acids is 2. The van der Waals surface area contributed by atoms with Gasteiger partial charge in [0.15, 0.2) is 5.78 Å². The monoisotopic (exact) mass is 489 g/mol. The van der Waals surface area contributed by atoms with Crippen molar-refractivity contribution in [1.82, 2.24) is 10.3 Å². The van der Waals surface area contributed by atoms with E-state index in [1.165, 1.54) is 18.5 Å². The number of anilines is 1. The number of allylic oxidation sites excluding steroid dienone is 2.